The maximum atomic E-state index is 12.1. The smallest absolute Gasteiger partial charge is 0.247 e. The third-order valence-electron chi connectivity index (χ3n) is 3.38. The van der Waals surface area contributed by atoms with Gasteiger partial charge in [0.2, 0.25) is 5.91 Å². The molecule has 0 unspecified atom stereocenters. The number of fused-ring (bicyclic) bond motifs is 1. The number of anilines is 1. The molecule has 0 aliphatic carbocycles. The van der Waals surface area contributed by atoms with Crippen molar-refractivity contribution in [3.8, 4) is 0 Å². The van der Waals surface area contributed by atoms with E-state index in [0.29, 0.717) is 6.42 Å². The highest BCUT2D eigenvalue weighted by molar-refractivity contribution is 6.00. The van der Waals surface area contributed by atoms with Crippen molar-refractivity contribution in [2.75, 3.05) is 18.1 Å². The van der Waals surface area contributed by atoms with Crippen molar-refractivity contribution in [1.82, 2.24) is 10.5 Å². The van der Waals surface area contributed by atoms with Crippen molar-refractivity contribution in [3.63, 3.8) is 0 Å². The molecule has 1 amide bonds. The van der Waals surface area contributed by atoms with E-state index in [1.165, 1.54) is 12.8 Å². The number of carbonyl (C=O) groups is 1. The van der Waals surface area contributed by atoms with Crippen LogP contribution in [0.5, 0.6) is 0 Å². The minimum atomic E-state index is 0.167. The van der Waals surface area contributed by atoms with Gasteiger partial charge in [0.25, 0.3) is 0 Å². The van der Waals surface area contributed by atoms with Gasteiger partial charge >= 0.3 is 0 Å². The highest BCUT2D eigenvalue weighted by atomic mass is 16.2. The van der Waals surface area contributed by atoms with Gasteiger partial charge in [-0.3, -0.25) is 4.79 Å². The standard InChI is InChI=1S/C13H17N3O/c17-13-10-11-6-2-3-7-12(11)16(13)15-9-5-1-4-8-14-15/h2-3,6-7,14H,1,4-5,8-10H2. The first-order chi connectivity index (χ1) is 8.36. The van der Waals surface area contributed by atoms with Crippen LogP contribution in [0.3, 0.4) is 0 Å². The molecule has 0 atom stereocenters. The van der Waals surface area contributed by atoms with Crippen LogP contribution >= 0.6 is 0 Å². The number of nitrogens with zero attached hydrogens (tertiary/aromatic N) is 2. The fraction of sp³-hybridized carbons (Fsp3) is 0.462. The Morgan fingerprint density at radius 2 is 2.00 bits per heavy atom. The van der Waals surface area contributed by atoms with E-state index >= 15 is 0 Å². The van der Waals surface area contributed by atoms with Crippen molar-refractivity contribution < 1.29 is 4.79 Å². The average molecular weight is 231 g/mol. The number of amides is 1. The SMILES string of the molecule is O=C1Cc2ccccc2N1N1CCCCCN1. The maximum absolute atomic E-state index is 12.1. The summed E-state index contributed by atoms with van der Waals surface area (Å²) in [6, 6.07) is 8.03. The number of rotatable bonds is 1. The number of nitrogens with one attached hydrogen (secondary N) is 1. The lowest BCUT2D eigenvalue weighted by Crippen LogP contribution is -2.52. The molecule has 1 aromatic carbocycles. The quantitative estimate of drug-likeness (QED) is 0.795. The fourth-order valence-electron chi connectivity index (χ4n) is 2.53. The van der Waals surface area contributed by atoms with Crippen LogP contribution in [0.25, 0.3) is 0 Å². The molecule has 4 nitrogen and oxygen atoms in total. The van der Waals surface area contributed by atoms with Crippen LogP contribution in [0, 0.1) is 0 Å². The van der Waals surface area contributed by atoms with Gasteiger partial charge in [0.1, 0.15) is 0 Å². The van der Waals surface area contributed by atoms with Crippen LogP contribution in [0.2, 0.25) is 0 Å². The Bertz CT molecular complexity index is 424. The molecule has 0 radical (unpaired) electrons. The lowest BCUT2D eigenvalue weighted by atomic mass is 10.2. The monoisotopic (exact) mass is 231 g/mol. The van der Waals surface area contributed by atoms with Gasteiger partial charge in [0.15, 0.2) is 0 Å². The molecule has 3 rings (SSSR count). The lowest BCUT2D eigenvalue weighted by Gasteiger charge is -2.31. The fourth-order valence-corrected chi connectivity index (χ4v) is 2.53. The van der Waals surface area contributed by atoms with E-state index in [2.05, 4.69) is 5.43 Å². The summed E-state index contributed by atoms with van der Waals surface area (Å²) < 4.78 is 0. The molecule has 1 N–H and O–H groups in total. The van der Waals surface area contributed by atoms with Crippen molar-refractivity contribution >= 4 is 11.6 Å². The number of benzene rings is 1. The van der Waals surface area contributed by atoms with Gasteiger partial charge in [0, 0.05) is 13.1 Å². The summed E-state index contributed by atoms with van der Waals surface area (Å²) in [7, 11) is 0. The zero-order valence-electron chi connectivity index (χ0n) is 9.85. The summed E-state index contributed by atoms with van der Waals surface area (Å²) in [6.45, 7) is 1.85. The van der Waals surface area contributed by atoms with Gasteiger partial charge in [-0.1, -0.05) is 24.6 Å². The van der Waals surface area contributed by atoms with Gasteiger partial charge < -0.3 is 0 Å². The summed E-state index contributed by atoms with van der Waals surface area (Å²) in [5.41, 5.74) is 5.50. The van der Waals surface area contributed by atoms with Gasteiger partial charge in [0.05, 0.1) is 12.1 Å². The first-order valence-electron chi connectivity index (χ1n) is 6.28. The Kier molecular flexibility index (Phi) is 2.82. The van der Waals surface area contributed by atoms with Crippen LogP contribution < -0.4 is 10.4 Å². The molecule has 0 spiro atoms. The minimum absolute atomic E-state index is 0.167. The molecule has 0 bridgehead atoms. The molecular weight excluding hydrogens is 214 g/mol. The van der Waals surface area contributed by atoms with E-state index in [4.69, 9.17) is 0 Å². The predicted octanol–water partition coefficient (Wildman–Crippen LogP) is 1.48. The van der Waals surface area contributed by atoms with Crippen molar-refractivity contribution in [1.29, 1.82) is 0 Å². The molecule has 0 aromatic heterocycles. The van der Waals surface area contributed by atoms with Crippen LogP contribution in [0.4, 0.5) is 5.69 Å². The number of hydrogen-bond acceptors (Lipinski definition) is 3. The van der Waals surface area contributed by atoms with Gasteiger partial charge in [-0.05, 0) is 24.5 Å². The molecule has 90 valence electrons. The van der Waals surface area contributed by atoms with Gasteiger partial charge in [-0.25, -0.2) is 10.4 Å². The molecule has 1 fully saturated rings. The summed E-state index contributed by atoms with van der Waals surface area (Å²) in [4.78, 5) is 12.1. The highest BCUT2D eigenvalue weighted by Crippen LogP contribution is 2.29. The summed E-state index contributed by atoms with van der Waals surface area (Å²) >= 11 is 0. The molecule has 1 aromatic rings. The molecule has 0 saturated carbocycles. The zero-order valence-corrected chi connectivity index (χ0v) is 9.85. The van der Waals surface area contributed by atoms with E-state index in [1.54, 1.807) is 5.01 Å². The summed E-state index contributed by atoms with van der Waals surface area (Å²) in [5.74, 6) is 0.167. The molecule has 1 saturated heterocycles. The van der Waals surface area contributed by atoms with E-state index in [1.807, 2.05) is 29.4 Å². The van der Waals surface area contributed by atoms with E-state index < -0.39 is 0 Å². The largest absolute Gasteiger partial charge is 0.273 e. The molecule has 2 heterocycles. The molecule has 2 aliphatic rings. The Hall–Kier alpha value is -1.39. The average Bonchev–Trinajstić information content (AvgIpc) is 2.53. The lowest BCUT2D eigenvalue weighted by molar-refractivity contribution is -0.121. The van der Waals surface area contributed by atoms with E-state index in [9.17, 15) is 4.79 Å². The minimum Gasteiger partial charge on any atom is -0.273 e. The van der Waals surface area contributed by atoms with E-state index in [0.717, 1.165) is 30.8 Å². The molecular formula is C13H17N3O. The van der Waals surface area contributed by atoms with Gasteiger partial charge in [-0.15, -0.1) is 5.12 Å². The second-order valence-electron chi connectivity index (χ2n) is 4.60. The van der Waals surface area contributed by atoms with Crippen LogP contribution in [-0.4, -0.2) is 24.1 Å². The summed E-state index contributed by atoms with van der Waals surface area (Å²) in [6.07, 6.45) is 4.07. The third kappa shape index (κ3) is 1.94. The number of para-hydroxylation sites is 1. The Morgan fingerprint density at radius 3 is 2.94 bits per heavy atom. The normalized spacial score (nSPS) is 21.4. The zero-order chi connectivity index (χ0) is 11.7. The number of hydrazine groups is 2. The van der Waals surface area contributed by atoms with E-state index in [-0.39, 0.29) is 5.91 Å². The van der Waals surface area contributed by atoms with Crippen molar-refractivity contribution in [2.24, 2.45) is 0 Å². The Morgan fingerprint density at radius 1 is 1.12 bits per heavy atom. The molecule has 4 heteroatoms. The van der Waals surface area contributed by atoms with Gasteiger partial charge in [-0.2, -0.15) is 0 Å². The number of hydrogen-bond donors (Lipinski definition) is 1. The molecule has 2 aliphatic heterocycles. The van der Waals surface area contributed by atoms with Crippen molar-refractivity contribution in [3.05, 3.63) is 29.8 Å². The second-order valence-corrected chi connectivity index (χ2v) is 4.60. The topological polar surface area (TPSA) is 35.6 Å². The highest BCUT2D eigenvalue weighted by Gasteiger charge is 2.31. The summed E-state index contributed by atoms with van der Waals surface area (Å²) in [5, 5.41) is 3.79. The first kappa shape index (κ1) is 10.7. The third-order valence-corrected chi connectivity index (χ3v) is 3.38. The van der Waals surface area contributed by atoms with Crippen LogP contribution in [-0.2, 0) is 11.2 Å². The maximum Gasteiger partial charge on any atom is 0.247 e. The van der Waals surface area contributed by atoms with Crippen LogP contribution in [0.1, 0.15) is 24.8 Å². The second kappa shape index (κ2) is 4.47. The Labute approximate surface area is 101 Å². The molecule has 17 heavy (non-hydrogen) atoms. The predicted molar refractivity (Wildman–Crippen MR) is 66.2 cm³/mol. The van der Waals surface area contributed by atoms with Crippen molar-refractivity contribution in [2.45, 2.75) is 25.7 Å². The van der Waals surface area contributed by atoms with Crippen LogP contribution in [0.15, 0.2) is 24.3 Å². The first-order valence-corrected chi connectivity index (χ1v) is 6.28. The Balaban J connectivity index is 1.89. The number of carbonyl (C=O) groups excluding carboxylic acids is 1.